The van der Waals surface area contributed by atoms with E-state index in [4.69, 9.17) is 4.74 Å². The van der Waals surface area contributed by atoms with Gasteiger partial charge in [-0.25, -0.2) is 0 Å². The van der Waals surface area contributed by atoms with Crippen LogP contribution >= 0.6 is 0 Å². The third kappa shape index (κ3) is 4.04. The van der Waals surface area contributed by atoms with Crippen molar-refractivity contribution < 1.29 is 13.2 Å². The van der Waals surface area contributed by atoms with E-state index in [1.54, 1.807) is 7.11 Å². The van der Waals surface area contributed by atoms with Gasteiger partial charge < -0.3 is 9.64 Å². The Morgan fingerprint density at radius 1 is 1.27 bits per heavy atom. The van der Waals surface area contributed by atoms with Crippen molar-refractivity contribution in [3.63, 3.8) is 0 Å². The zero-order chi connectivity index (χ0) is 11.3. The van der Waals surface area contributed by atoms with Gasteiger partial charge in [0.25, 0.3) is 10.2 Å². The molecule has 1 rings (SSSR count). The van der Waals surface area contributed by atoms with Crippen LogP contribution in [-0.4, -0.2) is 71.1 Å². The van der Waals surface area contributed by atoms with Crippen LogP contribution in [0.4, 0.5) is 0 Å². The van der Waals surface area contributed by atoms with Gasteiger partial charge in [0.2, 0.25) is 0 Å². The van der Waals surface area contributed by atoms with Crippen LogP contribution < -0.4 is 4.72 Å². The van der Waals surface area contributed by atoms with Crippen LogP contribution in [0, 0.1) is 0 Å². The molecule has 1 heterocycles. The fraction of sp³-hybridized carbons (Fsp3) is 1.00. The Morgan fingerprint density at radius 3 is 2.40 bits per heavy atom. The molecule has 7 heteroatoms. The topological polar surface area (TPSA) is 61.9 Å². The Hall–Kier alpha value is -0.210. The van der Waals surface area contributed by atoms with Crippen LogP contribution in [0.25, 0.3) is 0 Å². The summed E-state index contributed by atoms with van der Waals surface area (Å²) in [6.07, 6.45) is 0. The highest BCUT2D eigenvalue weighted by atomic mass is 32.2. The van der Waals surface area contributed by atoms with Gasteiger partial charge in [0.05, 0.1) is 6.61 Å². The first-order valence-corrected chi connectivity index (χ1v) is 6.42. The quantitative estimate of drug-likeness (QED) is 0.605. The van der Waals surface area contributed by atoms with Crippen molar-refractivity contribution in [2.24, 2.45) is 0 Å². The zero-order valence-corrected chi connectivity index (χ0v) is 10.1. The summed E-state index contributed by atoms with van der Waals surface area (Å²) < 4.78 is 32.2. The van der Waals surface area contributed by atoms with Gasteiger partial charge in [-0.1, -0.05) is 0 Å². The molecule has 0 aromatic heterocycles. The fourth-order valence-electron chi connectivity index (χ4n) is 1.39. The first-order chi connectivity index (χ1) is 7.06. The van der Waals surface area contributed by atoms with E-state index in [1.165, 1.54) is 4.31 Å². The minimum absolute atomic E-state index is 0.325. The number of nitrogens with zero attached hydrogens (tertiary/aromatic N) is 2. The number of hydrogen-bond donors (Lipinski definition) is 1. The summed E-state index contributed by atoms with van der Waals surface area (Å²) in [6.45, 7) is 3.39. The van der Waals surface area contributed by atoms with Gasteiger partial charge in [-0.15, -0.1) is 0 Å². The highest BCUT2D eigenvalue weighted by Gasteiger charge is 2.24. The Morgan fingerprint density at radius 2 is 1.87 bits per heavy atom. The Bertz CT molecular complexity index is 273. The highest BCUT2D eigenvalue weighted by Crippen LogP contribution is 2.03. The maximum absolute atomic E-state index is 11.7. The molecule has 0 saturated carbocycles. The van der Waals surface area contributed by atoms with E-state index in [9.17, 15) is 8.42 Å². The van der Waals surface area contributed by atoms with Gasteiger partial charge in [-0.2, -0.15) is 17.4 Å². The van der Waals surface area contributed by atoms with E-state index in [1.807, 2.05) is 7.05 Å². The predicted octanol–water partition coefficient (Wildman–Crippen LogP) is -1.29. The lowest BCUT2D eigenvalue weighted by atomic mass is 10.4. The second kappa shape index (κ2) is 5.76. The van der Waals surface area contributed by atoms with Crippen molar-refractivity contribution in [2.75, 3.05) is 53.5 Å². The number of likely N-dealkylation sites (N-methyl/N-ethyl adjacent to an activating group) is 1. The fourth-order valence-corrected chi connectivity index (χ4v) is 2.56. The van der Waals surface area contributed by atoms with Crippen LogP contribution in [0.2, 0.25) is 0 Å². The standard InChI is InChI=1S/C8H19N3O3S/c1-10-4-6-11(7-5-10)15(12,13)9-3-8-14-2/h9H,3-8H2,1-2H3. The molecule has 6 nitrogen and oxygen atoms in total. The van der Waals surface area contributed by atoms with Crippen molar-refractivity contribution in [3.05, 3.63) is 0 Å². The number of hydrogen-bond acceptors (Lipinski definition) is 4. The van der Waals surface area contributed by atoms with Crippen LogP contribution in [-0.2, 0) is 14.9 Å². The Labute approximate surface area is 91.4 Å². The number of nitrogens with one attached hydrogen (secondary N) is 1. The first-order valence-electron chi connectivity index (χ1n) is 4.98. The van der Waals surface area contributed by atoms with Crippen molar-refractivity contribution in [1.82, 2.24) is 13.9 Å². The SMILES string of the molecule is COCCNS(=O)(=O)N1CCN(C)CC1. The summed E-state index contributed by atoms with van der Waals surface area (Å²) in [4.78, 5) is 2.11. The molecule has 0 aromatic carbocycles. The number of ether oxygens (including phenoxy) is 1. The molecular weight excluding hydrogens is 218 g/mol. The third-order valence-corrected chi connectivity index (χ3v) is 4.01. The molecule has 1 saturated heterocycles. The molecule has 0 aromatic rings. The molecule has 0 amide bonds. The van der Waals surface area contributed by atoms with E-state index in [0.29, 0.717) is 26.2 Å². The third-order valence-electron chi connectivity index (χ3n) is 2.39. The highest BCUT2D eigenvalue weighted by molar-refractivity contribution is 7.87. The van der Waals surface area contributed by atoms with Crippen LogP contribution in [0.5, 0.6) is 0 Å². The first kappa shape index (κ1) is 12.9. The van der Waals surface area contributed by atoms with Gasteiger partial charge >= 0.3 is 0 Å². The smallest absolute Gasteiger partial charge is 0.279 e. The molecule has 0 atom stereocenters. The minimum atomic E-state index is -3.30. The van der Waals surface area contributed by atoms with E-state index in [-0.39, 0.29) is 0 Å². The van der Waals surface area contributed by atoms with E-state index in [2.05, 4.69) is 9.62 Å². The minimum Gasteiger partial charge on any atom is -0.383 e. The predicted molar refractivity (Wildman–Crippen MR) is 57.9 cm³/mol. The van der Waals surface area contributed by atoms with Gasteiger partial charge in [0.15, 0.2) is 0 Å². The van der Waals surface area contributed by atoms with E-state index in [0.717, 1.165) is 13.1 Å². The Balaban J connectivity index is 2.40. The van der Waals surface area contributed by atoms with E-state index >= 15 is 0 Å². The molecule has 1 fully saturated rings. The normalized spacial score (nSPS) is 20.7. The average Bonchev–Trinajstić information content (AvgIpc) is 2.18. The second-order valence-electron chi connectivity index (χ2n) is 3.59. The Kier molecular flexibility index (Phi) is 4.94. The molecule has 0 spiro atoms. The summed E-state index contributed by atoms with van der Waals surface area (Å²) in [5, 5.41) is 0. The maximum Gasteiger partial charge on any atom is 0.279 e. The second-order valence-corrected chi connectivity index (χ2v) is 5.35. The lowest BCUT2D eigenvalue weighted by molar-refractivity contribution is 0.200. The van der Waals surface area contributed by atoms with Gasteiger partial charge in [0, 0.05) is 39.8 Å². The van der Waals surface area contributed by atoms with Crippen LogP contribution in [0.3, 0.4) is 0 Å². The van der Waals surface area contributed by atoms with Crippen molar-refractivity contribution >= 4 is 10.2 Å². The summed E-state index contributed by atoms with van der Waals surface area (Å²) in [7, 11) is 0.232. The summed E-state index contributed by atoms with van der Waals surface area (Å²) in [6, 6.07) is 0. The molecular formula is C8H19N3O3S. The number of rotatable bonds is 5. The van der Waals surface area contributed by atoms with Gasteiger partial charge in [-0.05, 0) is 7.05 Å². The van der Waals surface area contributed by atoms with Gasteiger partial charge in [0.1, 0.15) is 0 Å². The molecule has 1 aliphatic rings. The monoisotopic (exact) mass is 237 g/mol. The zero-order valence-electron chi connectivity index (χ0n) is 9.27. The van der Waals surface area contributed by atoms with Crippen molar-refractivity contribution in [2.45, 2.75) is 0 Å². The van der Waals surface area contributed by atoms with Crippen molar-refractivity contribution in [3.8, 4) is 0 Å². The largest absolute Gasteiger partial charge is 0.383 e. The van der Waals surface area contributed by atoms with Crippen molar-refractivity contribution in [1.29, 1.82) is 0 Å². The molecule has 0 unspecified atom stereocenters. The maximum atomic E-state index is 11.7. The van der Waals surface area contributed by atoms with E-state index < -0.39 is 10.2 Å². The summed E-state index contributed by atoms with van der Waals surface area (Å²) in [5.74, 6) is 0. The molecule has 1 N–H and O–H groups in total. The molecule has 0 bridgehead atoms. The number of piperazine rings is 1. The average molecular weight is 237 g/mol. The summed E-state index contributed by atoms with van der Waals surface area (Å²) in [5.41, 5.74) is 0. The molecule has 15 heavy (non-hydrogen) atoms. The molecule has 90 valence electrons. The molecule has 1 aliphatic heterocycles. The number of methoxy groups -OCH3 is 1. The summed E-state index contributed by atoms with van der Waals surface area (Å²) >= 11 is 0. The molecule has 0 radical (unpaired) electrons. The lowest BCUT2D eigenvalue weighted by Gasteiger charge is -2.31. The van der Waals surface area contributed by atoms with Gasteiger partial charge in [-0.3, -0.25) is 0 Å². The van der Waals surface area contributed by atoms with Crippen LogP contribution in [0.1, 0.15) is 0 Å². The lowest BCUT2D eigenvalue weighted by Crippen LogP contribution is -2.51. The van der Waals surface area contributed by atoms with Crippen LogP contribution in [0.15, 0.2) is 0 Å². The molecule has 0 aliphatic carbocycles.